The molecule has 0 heterocycles. The van der Waals surface area contributed by atoms with Crippen LogP contribution in [-0.4, -0.2) is 0 Å². The summed E-state index contributed by atoms with van der Waals surface area (Å²) in [6, 6.07) is 0. The van der Waals surface area contributed by atoms with Gasteiger partial charge >= 0.3 is 46.3 Å². The van der Waals surface area contributed by atoms with Crippen molar-refractivity contribution in [3.05, 3.63) is 0 Å². The third kappa shape index (κ3) is 90.8. The van der Waals surface area contributed by atoms with Crippen LogP contribution in [0.15, 0.2) is 0 Å². The first-order valence-electron chi connectivity index (χ1n) is 0.730. The molecule has 0 aliphatic carbocycles. The normalized spacial score (nSPS) is 7.38. The summed E-state index contributed by atoms with van der Waals surface area (Å²) in [4.78, 5) is 25.6. The monoisotopic (exact) mass is 233 g/mol. The zero-order valence-corrected chi connectivity index (χ0v) is 8.81. The van der Waals surface area contributed by atoms with Gasteiger partial charge in [0.25, 0.3) is 0 Å². The predicted molar refractivity (Wildman–Crippen MR) is 7.61 cm³/mol. The Balaban J connectivity index is -0.0000000267. The van der Waals surface area contributed by atoms with Crippen LogP contribution in [0.3, 0.4) is 0 Å². The summed E-state index contributed by atoms with van der Waals surface area (Å²) >= 11 is 0. The summed E-state index contributed by atoms with van der Waals surface area (Å²) in [5, 5.41) is 0. The summed E-state index contributed by atoms with van der Waals surface area (Å²) in [5.74, 6) is 0. The fraction of sp³-hybridized carbons (Fsp3) is 0. The largest absolute Gasteiger partial charge is 2.00 e. The Morgan fingerprint density at radius 3 is 1.12 bits per heavy atom. The number of hydrogen-bond donors (Lipinski definition) is 0. The molecule has 0 saturated heterocycles. The van der Waals surface area contributed by atoms with Crippen LogP contribution in [0.1, 0.15) is 0 Å². The van der Waals surface area contributed by atoms with Gasteiger partial charge in [0.2, 0.25) is 0 Å². The van der Waals surface area contributed by atoms with E-state index in [1.807, 2.05) is 0 Å². The summed E-state index contributed by atoms with van der Waals surface area (Å²) in [5.41, 5.74) is 0. The zero-order valence-electron chi connectivity index (χ0n) is 3.77. The molecule has 0 atom stereocenters. The van der Waals surface area contributed by atoms with Crippen molar-refractivity contribution >= 4 is 7.82 Å². The molecule has 8 heteroatoms. The average molecular weight is 233 g/mol. The molecular weight excluding hydrogens is 233 g/mol. The number of rotatable bonds is 0. The van der Waals surface area contributed by atoms with Crippen molar-refractivity contribution in [3.8, 4) is 0 Å². The van der Waals surface area contributed by atoms with E-state index in [0.717, 1.165) is 0 Å². The minimum Gasteiger partial charge on any atom is -0.822 e. The van der Waals surface area contributed by atoms with Gasteiger partial charge in [-0.15, -0.1) is 0 Å². The van der Waals surface area contributed by atoms with E-state index in [1.165, 1.54) is 0 Å². The van der Waals surface area contributed by atoms with Gasteiger partial charge in [0.15, 0.2) is 0 Å². The second kappa shape index (κ2) is 9.14. The minimum absolute atomic E-state index is 0. The first-order chi connectivity index (χ1) is 2.00. The van der Waals surface area contributed by atoms with Gasteiger partial charge in [-0.1, -0.05) is 0 Å². The van der Waals surface area contributed by atoms with E-state index < -0.39 is 7.82 Å². The van der Waals surface area contributed by atoms with Gasteiger partial charge < -0.3 is 19.2 Å². The van der Waals surface area contributed by atoms with E-state index in [0.29, 0.717) is 0 Å². The smallest absolute Gasteiger partial charge is 0.822 e. The topological polar surface area (TPSA) is 86.2 Å². The molecule has 8 heavy (non-hydrogen) atoms. The Hall–Kier alpha value is 2.14. The van der Waals surface area contributed by atoms with Gasteiger partial charge in [0.05, 0.1) is 0 Å². The molecule has 0 aromatic heterocycles. The Kier molecular flexibility index (Phi) is 25.7. The second-order valence-electron chi connectivity index (χ2n) is 0.447. The van der Waals surface area contributed by atoms with E-state index in [9.17, 15) is 0 Å². The first-order valence-corrected chi connectivity index (χ1v) is 2.19. The van der Waals surface area contributed by atoms with Gasteiger partial charge in [-0.25, -0.2) is 0 Å². The standard InChI is InChI=1S/Co.Fe.Na.H3O4P/c;;;1-5(2,3)4/h;;;(H3,1,2,3,4)/q+2;;+1;/p-3. The van der Waals surface area contributed by atoms with Crippen molar-refractivity contribution in [2.45, 2.75) is 0 Å². The van der Waals surface area contributed by atoms with Gasteiger partial charge in [0, 0.05) is 17.1 Å². The molecule has 0 saturated carbocycles. The number of hydrogen-bond acceptors (Lipinski definition) is 4. The molecule has 0 fully saturated rings. The molecule has 0 N–H and O–H groups in total. The van der Waals surface area contributed by atoms with Crippen molar-refractivity contribution in [3.63, 3.8) is 0 Å². The third-order valence-electron chi connectivity index (χ3n) is 0. The molecular formula is CoFeNaO4P. The first kappa shape index (κ1) is 22.5. The van der Waals surface area contributed by atoms with Crippen molar-refractivity contribution in [2.24, 2.45) is 0 Å². The Morgan fingerprint density at radius 2 is 1.12 bits per heavy atom. The molecule has 0 aliphatic heterocycles. The van der Waals surface area contributed by atoms with Crippen LogP contribution < -0.4 is 44.2 Å². The maximum atomic E-state index is 8.55. The number of phosphoric acid groups is 1. The summed E-state index contributed by atoms with van der Waals surface area (Å²) < 4.78 is 8.55. The van der Waals surface area contributed by atoms with E-state index >= 15 is 0 Å². The van der Waals surface area contributed by atoms with Crippen molar-refractivity contribution in [1.82, 2.24) is 0 Å². The molecule has 47 valence electrons. The van der Waals surface area contributed by atoms with Crippen molar-refractivity contribution in [1.29, 1.82) is 0 Å². The van der Waals surface area contributed by atoms with Gasteiger partial charge in [0.1, 0.15) is 0 Å². The average Bonchev–Trinajstić information content (AvgIpc) is 0.722. The summed E-state index contributed by atoms with van der Waals surface area (Å²) in [6.45, 7) is 0. The van der Waals surface area contributed by atoms with Gasteiger partial charge in [-0.05, 0) is 0 Å². The molecule has 0 aliphatic rings. The fourth-order valence-electron chi connectivity index (χ4n) is 0. The van der Waals surface area contributed by atoms with Crippen molar-refractivity contribution in [2.75, 3.05) is 0 Å². The Labute approximate surface area is 89.6 Å². The molecule has 0 aromatic rings. The van der Waals surface area contributed by atoms with E-state index in [4.69, 9.17) is 19.2 Å². The van der Waals surface area contributed by atoms with Crippen LogP contribution in [-0.2, 0) is 38.4 Å². The predicted octanol–water partition coefficient (Wildman–Crippen LogP) is -5.83. The van der Waals surface area contributed by atoms with Gasteiger partial charge in [-0.3, -0.25) is 0 Å². The van der Waals surface area contributed by atoms with Crippen LogP contribution in [0.2, 0.25) is 0 Å². The van der Waals surface area contributed by atoms with Crippen LogP contribution in [0.5, 0.6) is 0 Å². The van der Waals surface area contributed by atoms with E-state index in [-0.39, 0.29) is 63.4 Å². The van der Waals surface area contributed by atoms with E-state index in [2.05, 4.69) is 0 Å². The molecule has 1 radical (unpaired) electrons. The van der Waals surface area contributed by atoms with Crippen LogP contribution in [0.4, 0.5) is 0 Å². The summed E-state index contributed by atoms with van der Waals surface area (Å²) in [6.07, 6.45) is 0. The molecule has 0 rings (SSSR count). The third-order valence-corrected chi connectivity index (χ3v) is 0. The molecule has 4 nitrogen and oxygen atoms in total. The maximum Gasteiger partial charge on any atom is 2.00 e. The molecule has 0 aromatic carbocycles. The maximum absolute atomic E-state index is 8.55. The van der Waals surface area contributed by atoms with Crippen LogP contribution in [0.25, 0.3) is 0 Å². The SMILES string of the molecule is O=P([O-])([O-])[O-].[Co+2].[Fe].[Na+]. The van der Waals surface area contributed by atoms with Gasteiger partial charge in [-0.2, -0.15) is 7.82 Å². The minimum atomic E-state index is -5.39. The Bertz CT molecular complexity index is 62.2. The van der Waals surface area contributed by atoms with Crippen molar-refractivity contribution < 1.29 is 82.7 Å². The second-order valence-corrected chi connectivity index (χ2v) is 1.34. The Morgan fingerprint density at radius 1 is 1.12 bits per heavy atom. The van der Waals surface area contributed by atoms with Crippen LogP contribution >= 0.6 is 7.82 Å². The molecule has 0 bridgehead atoms. The molecule has 0 amide bonds. The molecule has 0 spiro atoms. The quantitative estimate of drug-likeness (QED) is 0.308. The van der Waals surface area contributed by atoms with E-state index in [1.54, 1.807) is 0 Å². The summed E-state index contributed by atoms with van der Waals surface area (Å²) in [7, 11) is -5.39. The zero-order chi connectivity index (χ0) is 4.50. The fourth-order valence-corrected chi connectivity index (χ4v) is 0. The molecule has 0 unspecified atom stereocenters. The van der Waals surface area contributed by atoms with Crippen LogP contribution in [0, 0.1) is 0 Å².